The minimum absolute atomic E-state index is 0.264. The molecular formula is C8H12N2OS. The Bertz CT molecular complexity index is 258. The van der Waals surface area contributed by atoms with Crippen molar-refractivity contribution in [3.8, 4) is 0 Å². The molecule has 0 radical (unpaired) electrons. The number of amides is 1. The molecule has 12 heavy (non-hydrogen) atoms. The Balaban J connectivity index is 2.70. The summed E-state index contributed by atoms with van der Waals surface area (Å²) in [5, 5.41) is 1.95. The van der Waals surface area contributed by atoms with Crippen LogP contribution in [0, 0.1) is 0 Å². The number of thioether (sulfide) groups is 1. The van der Waals surface area contributed by atoms with Crippen LogP contribution in [0.1, 0.15) is 13.8 Å². The van der Waals surface area contributed by atoms with Gasteiger partial charge >= 0.3 is 0 Å². The Morgan fingerprint density at radius 3 is 2.92 bits per heavy atom. The lowest BCUT2D eigenvalue weighted by molar-refractivity contribution is -0.118. The average Bonchev–Trinajstić information content (AvgIpc) is 1.98. The van der Waals surface area contributed by atoms with Gasteiger partial charge in [0.1, 0.15) is 6.54 Å². The highest BCUT2D eigenvalue weighted by Crippen LogP contribution is 2.27. The molecule has 4 heteroatoms. The zero-order valence-corrected chi connectivity index (χ0v) is 8.02. The molecule has 0 saturated heterocycles. The molecule has 0 bridgehead atoms. The lowest BCUT2D eigenvalue weighted by atomic mass is 10.3. The molecule has 1 heterocycles. The predicted molar refractivity (Wildman–Crippen MR) is 51.0 cm³/mol. The fourth-order valence-electron chi connectivity index (χ4n) is 0.944. The molecule has 1 aliphatic rings. The Morgan fingerprint density at radius 1 is 1.67 bits per heavy atom. The normalized spacial score (nSPS) is 17.0. The van der Waals surface area contributed by atoms with Crippen LogP contribution in [0.25, 0.3) is 0 Å². The van der Waals surface area contributed by atoms with E-state index in [2.05, 4.69) is 0 Å². The first-order chi connectivity index (χ1) is 5.61. The van der Waals surface area contributed by atoms with Gasteiger partial charge in [-0.15, -0.1) is 0 Å². The minimum atomic E-state index is -0.307. The maximum atomic E-state index is 10.6. The van der Waals surface area contributed by atoms with Crippen molar-refractivity contribution in [2.24, 2.45) is 5.73 Å². The topological polar surface area (TPSA) is 46.3 Å². The van der Waals surface area contributed by atoms with Crippen LogP contribution in [-0.4, -0.2) is 17.4 Å². The zero-order valence-electron chi connectivity index (χ0n) is 7.20. The molecule has 1 aliphatic heterocycles. The number of primary amides is 1. The summed E-state index contributed by atoms with van der Waals surface area (Å²) >= 11 is 1.66. The maximum absolute atomic E-state index is 10.6. The molecule has 0 unspecified atom stereocenters. The summed E-state index contributed by atoms with van der Waals surface area (Å²) in [4.78, 5) is 13.7. The maximum Gasteiger partial charge on any atom is 0.237 e. The van der Waals surface area contributed by atoms with Crippen molar-refractivity contribution in [2.75, 3.05) is 6.54 Å². The van der Waals surface area contributed by atoms with Gasteiger partial charge in [0, 0.05) is 16.8 Å². The second kappa shape index (κ2) is 3.67. The third kappa shape index (κ3) is 2.04. The first-order valence-electron chi connectivity index (χ1n) is 3.67. The molecule has 0 atom stereocenters. The fourth-order valence-corrected chi connectivity index (χ4v) is 1.64. The van der Waals surface area contributed by atoms with Gasteiger partial charge < -0.3 is 10.6 Å². The first kappa shape index (κ1) is 9.19. The number of hydrogen-bond donors (Lipinski definition) is 1. The molecule has 1 amide bonds. The Kier molecular flexibility index (Phi) is 2.81. The van der Waals surface area contributed by atoms with Crippen LogP contribution in [0.4, 0.5) is 0 Å². The van der Waals surface area contributed by atoms with Crippen molar-refractivity contribution in [3.05, 3.63) is 22.2 Å². The standard InChI is InChI=1S/C8H12N2OS/c1-6-7(2)12-4-3-10(6)5-8(9)11/h3-4H,5H2,1-2H3,(H2,9,11). The summed E-state index contributed by atoms with van der Waals surface area (Å²) in [6.07, 6.45) is 1.87. The van der Waals surface area contributed by atoms with Crippen molar-refractivity contribution in [2.45, 2.75) is 13.8 Å². The highest BCUT2D eigenvalue weighted by molar-refractivity contribution is 8.05. The summed E-state index contributed by atoms with van der Waals surface area (Å²) in [7, 11) is 0. The van der Waals surface area contributed by atoms with E-state index in [-0.39, 0.29) is 12.5 Å². The van der Waals surface area contributed by atoms with E-state index in [1.54, 1.807) is 11.8 Å². The van der Waals surface area contributed by atoms with Crippen LogP contribution in [0.15, 0.2) is 22.2 Å². The lowest BCUT2D eigenvalue weighted by Gasteiger charge is -2.24. The highest BCUT2D eigenvalue weighted by atomic mass is 32.2. The van der Waals surface area contributed by atoms with Gasteiger partial charge in [-0.2, -0.15) is 0 Å². The van der Waals surface area contributed by atoms with Crippen molar-refractivity contribution in [3.63, 3.8) is 0 Å². The number of allylic oxidation sites excluding steroid dienone is 2. The van der Waals surface area contributed by atoms with E-state index in [1.165, 1.54) is 4.91 Å². The molecule has 0 aromatic rings. The Hall–Kier alpha value is -0.900. The number of rotatable bonds is 2. The van der Waals surface area contributed by atoms with Crippen molar-refractivity contribution < 1.29 is 4.79 Å². The molecular weight excluding hydrogens is 172 g/mol. The number of carbonyl (C=O) groups is 1. The van der Waals surface area contributed by atoms with E-state index >= 15 is 0 Å². The average molecular weight is 184 g/mol. The largest absolute Gasteiger partial charge is 0.368 e. The van der Waals surface area contributed by atoms with Crippen LogP contribution >= 0.6 is 11.8 Å². The molecule has 2 N–H and O–H groups in total. The summed E-state index contributed by atoms with van der Waals surface area (Å²) in [5.74, 6) is -0.307. The van der Waals surface area contributed by atoms with Crippen LogP contribution in [0.5, 0.6) is 0 Å². The Morgan fingerprint density at radius 2 is 2.33 bits per heavy atom. The number of carbonyl (C=O) groups excluding carboxylic acids is 1. The quantitative estimate of drug-likeness (QED) is 0.702. The van der Waals surface area contributed by atoms with Gasteiger partial charge in [-0.05, 0) is 19.3 Å². The van der Waals surface area contributed by atoms with Crippen molar-refractivity contribution in [1.82, 2.24) is 4.90 Å². The number of nitrogens with zero attached hydrogens (tertiary/aromatic N) is 1. The number of hydrogen-bond acceptors (Lipinski definition) is 3. The molecule has 0 aromatic carbocycles. The van der Waals surface area contributed by atoms with Gasteiger partial charge in [0.2, 0.25) is 5.91 Å². The summed E-state index contributed by atoms with van der Waals surface area (Å²) < 4.78 is 0. The lowest BCUT2D eigenvalue weighted by Crippen LogP contribution is -2.29. The van der Waals surface area contributed by atoms with E-state index in [9.17, 15) is 4.79 Å². The van der Waals surface area contributed by atoms with Crippen LogP contribution < -0.4 is 5.73 Å². The van der Waals surface area contributed by atoms with Crippen molar-refractivity contribution in [1.29, 1.82) is 0 Å². The van der Waals surface area contributed by atoms with Gasteiger partial charge in [0.05, 0.1) is 0 Å². The molecule has 1 rings (SSSR count). The van der Waals surface area contributed by atoms with Gasteiger partial charge in [-0.1, -0.05) is 11.8 Å². The smallest absolute Gasteiger partial charge is 0.237 e. The molecule has 0 aliphatic carbocycles. The summed E-state index contributed by atoms with van der Waals surface area (Å²) in [6.45, 7) is 4.27. The van der Waals surface area contributed by atoms with Gasteiger partial charge in [-0.3, -0.25) is 4.79 Å². The predicted octanol–water partition coefficient (Wildman–Crippen LogP) is 1.24. The zero-order chi connectivity index (χ0) is 9.14. The van der Waals surface area contributed by atoms with E-state index in [1.807, 2.05) is 30.4 Å². The monoisotopic (exact) mass is 184 g/mol. The van der Waals surface area contributed by atoms with Gasteiger partial charge in [0.25, 0.3) is 0 Å². The Labute approximate surface area is 76.3 Å². The van der Waals surface area contributed by atoms with E-state index in [0.717, 1.165) is 5.70 Å². The van der Waals surface area contributed by atoms with Gasteiger partial charge in [-0.25, -0.2) is 0 Å². The minimum Gasteiger partial charge on any atom is -0.368 e. The van der Waals surface area contributed by atoms with Gasteiger partial charge in [0.15, 0.2) is 0 Å². The molecule has 0 aromatic heterocycles. The second-order valence-corrected chi connectivity index (χ2v) is 3.76. The molecule has 0 saturated carbocycles. The van der Waals surface area contributed by atoms with Crippen LogP contribution in [0.2, 0.25) is 0 Å². The van der Waals surface area contributed by atoms with E-state index < -0.39 is 0 Å². The SMILES string of the molecule is CC1=C(C)N(CC(N)=O)C=CS1. The van der Waals surface area contributed by atoms with E-state index in [0.29, 0.717) is 0 Å². The second-order valence-electron chi connectivity index (χ2n) is 2.64. The highest BCUT2D eigenvalue weighted by Gasteiger charge is 2.11. The van der Waals surface area contributed by atoms with E-state index in [4.69, 9.17) is 5.73 Å². The van der Waals surface area contributed by atoms with Crippen LogP contribution in [-0.2, 0) is 4.79 Å². The molecule has 0 spiro atoms. The number of nitrogens with two attached hydrogens (primary N) is 1. The van der Waals surface area contributed by atoms with Crippen molar-refractivity contribution >= 4 is 17.7 Å². The third-order valence-electron chi connectivity index (χ3n) is 1.75. The summed E-state index contributed by atoms with van der Waals surface area (Å²) in [5.41, 5.74) is 6.19. The molecule has 0 fully saturated rings. The molecule has 66 valence electrons. The fraction of sp³-hybridized carbons (Fsp3) is 0.375. The van der Waals surface area contributed by atoms with Crippen LogP contribution in [0.3, 0.4) is 0 Å². The first-order valence-corrected chi connectivity index (χ1v) is 4.55. The summed E-state index contributed by atoms with van der Waals surface area (Å²) in [6, 6.07) is 0. The third-order valence-corrected chi connectivity index (χ3v) is 2.66. The molecule has 3 nitrogen and oxygen atoms in total.